The quantitative estimate of drug-likeness (QED) is 0.769. The highest BCUT2D eigenvalue weighted by molar-refractivity contribution is 6.03. The van der Waals surface area contributed by atoms with E-state index in [4.69, 9.17) is 4.74 Å². The number of amides is 1. The van der Waals surface area contributed by atoms with Gasteiger partial charge in [0.25, 0.3) is 5.91 Å². The second-order valence-corrected chi connectivity index (χ2v) is 5.46. The molecular formula is C18H23N3O2. The number of ether oxygens (including phenoxy) is 1. The molecule has 1 amide bonds. The van der Waals surface area contributed by atoms with Crippen molar-refractivity contribution >= 4 is 17.3 Å². The first-order valence-electron chi connectivity index (χ1n) is 7.67. The molecule has 0 bridgehead atoms. The number of methoxy groups -OCH3 is 1. The van der Waals surface area contributed by atoms with Crippen LogP contribution in [-0.2, 0) is 4.74 Å². The normalized spacial score (nSPS) is 10.4. The second kappa shape index (κ2) is 8.29. The Morgan fingerprint density at radius 2 is 1.91 bits per heavy atom. The number of carbonyl (C=O) groups excluding carboxylic acids is 1. The summed E-state index contributed by atoms with van der Waals surface area (Å²) in [5, 5.41) is 6.10. The SMILES string of the molecule is COCCCNc1ccc(C(=O)Nc2ccc(C)c(C)c2)nc1. The molecule has 0 saturated carbocycles. The Labute approximate surface area is 137 Å². The lowest BCUT2D eigenvalue weighted by Gasteiger charge is -2.08. The molecule has 1 aromatic heterocycles. The predicted octanol–water partition coefficient (Wildman–Crippen LogP) is 3.40. The zero-order chi connectivity index (χ0) is 16.7. The van der Waals surface area contributed by atoms with Gasteiger partial charge in [0.2, 0.25) is 0 Å². The van der Waals surface area contributed by atoms with E-state index in [2.05, 4.69) is 15.6 Å². The van der Waals surface area contributed by atoms with Crippen molar-refractivity contribution < 1.29 is 9.53 Å². The third-order valence-corrected chi connectivity index (χ3v) is 3.62. The van der Waals surface area contributed by atoms with E-state index in [0.29, 0.717) is 5.69 Å². The minimum atomic E-state index is -0.209. The van der Waals surface area contributed by atoms with Crippen molar-refractivity contribution in [2.24, 2.45) is 0 Å². The van der Waals surface area contributed by atoms with Crippen LogP contribution in [0.4, 0.5) is 11.4 Å². The number of hydrogen-bond donors (Lipinski definition) is 2. The van der Waals surface area contributed by atoms with Gasteiger partial charge in [-0.15, -0.1) is 0 Å². The van der Waals surface area contributed by atoms with Crippen molar-refractivity contribution in [2.45, 2.75) is 20.3 Å². The maximum Gasteiger partial charge on any atom is 0.274 e. The number of aromatic nitrogens is 1. The molecule has 0 aliphatic heterocycles. The Bertz CT molecular complexity index is 654. The van der Waals surface area contributed by atoms with Gasteiger partial charge in [0.05, 0.1) is 11.9 Å². The first-order valence-corrected chi connectivity index (χ1v) is 7.67. The van der Waals surface area contributed by atoms with Gasteiger partial charge in [-0.05, 0) is 55.7 Å². The lowest BCUT2D eigenvalue weighted by molar-refractivity contribution is 0.102. The molecule has 0 aliphatic rings. The van der Waals surface area contributed by atoms with Gasteiger partial charge in [-0.25, -0.2) is 4.98 Å². The van der Waals surface area contributed by atoms with Gasteiger partial charge in [-0.1, -0.05) is 6.07 Å². The molecule has 2 aromatic rings. The smallest absolute Gasteiger partial charge is 0.274 e. The highest BCUT2D eigenvalue weighted by Gasteiger charge is 2.08. The van der Waals surface area contributed by atoms with Gasteiger partial charge in [0.1, 0.15) is 5.69 Å². The Hall–Kier alpha value is -2.40. The fourth-order valence-electron chi connectivity index (χ4n) is 2.10. The van der Waals surface area contributed by atoms with Crippen LogP contribution in [0.25, 0.3) is 0 Å². The fraction of sp³-hybridized carbons (Fsp3) is 0.333. The van der Waals surface area contributed by atoms with Crippen molar-refractivity contribution in [2.75, 3.05) is 30.9 Å². The van der Waals surface area contributed by atoms with Crippen molar-refractivity contribution in [3.8, 4) is 0 Å². The molecule has 0 atom stereocenters. The molecule has 0 aliphatic carbocycles. The summed E-state index contributed by atoms with van der Waals surface area (Å²) < 4.78 is 4.99. The van der Waals surface area contributed by atoms with Crippen molar-refractivity contribution in [3.63, 3.8) is 0 Å². The van der Waals surface area contributed by atoms with Crippen LogP contribution >= 0.6 is 0 Å². The van der Waals surface area contributed by atoms with Gasteiger partial charge in [0.15, 0.2) is 0 Å². The molecule has 0 fully saturated rings. The van der Waals surface area contributed by atoms with E-state index in [9.17, 15) is 4.79 Å². The summed E-state index contributed by atoms with van der Waals surface area (Å²) in [6.07, 6.45) is 2.59. The van der Waals surface area contributed by atoms with Gasteiger partial charge in [-0.3, -0.25) is 4.79 Å². The number of benzene rings is 1. The summed E-state index contributed by atoms with van der Waals surface area (Å²) in [5.41, 5.74) is 4.41. The van der Waals surface area contributed by atoms with Gasteiger partial charge >= 0.3 is 0 Å². The monoisotopic (exact) mass is 313 g/mol. The number of nitrogens with zero attached hydrogens (tertiary/aromatic N) is 1. The molecule has 2 N–H and O–H groups in total. The molecule has 0 spiro atoms. The Balaban J connectivity index is 1.93. The number of anilines is 2. The van der Waals surface area contributed by atoms with Gasteiger partial charge in [-0.2, -0.15) is 0 Å². The number of nitrogens with one attached hydrogen (secondary N) is 2. The number of pyridine rings is 1. The molecular weight excluding hydrogens is 290 g/mol. The molecule has 5 heteroatoms. The molecule has 1 heterocycles. The average Bonchev–Trinajstić information content (AvgIpc) is 2.55. The summed E-state index contributed by atoms with van der Waals surface area (Å²) in [6.45, 7) is 5.59. The third kappa shape index (κ3) is 5.07. The predicted molar refractivity (Wildman–Crippen MR) is 93.1 cm³/mol. The average molecular weight is 313 g/mol. The number of rotatable bonds is 7. The maximum atomic E-state index is 12.2. The van der Waals surface area contributed by atoms with E-state index in [1.807, 2.05) is 38.1 Å². The Morgan fingerprint density at radius 1 is 1.13 bits per heavy atom. The molecule has 122 valence electrons. The number of aryl methyl sites for hydroxylation is 2. The fourth-order valence-corrected chi connectivity index (χ4v) is 2.10. The van der Waals surface area contributed by atoms with E-state index in [0.717, 1.165) is 36.5 Å². The zero-order valence-corrected chi connectivity index (χ0v) is 13.8. The second-order valence-electron chi connectivity index (χ2n) is 5.46. The highest BCUT2D eigenvalue weighted by Crippen LogP contribution is 2.15. The van der Waals surface area contributed by atoms with Crippen molar-refractivity contribution in [1.29, 1.82) is 0 Å². The number of hydrogen-bond acceptors (Lipinski definition) is 4. The van der Waals surface area contributed by atoms with Crippen LogP contribution in [0.2, 0.25) is 0 Å². The molecule has 1 aromatic carbocycles. The van der Waals surface area contributed by atoms with E-state index < -0.39 is 0 Å². The molecule has 0 unspecified atom stereocenters. The minimum Gasteiger partial charge on any atom is -0.385 e. The standard InChI is InChI=1S/C18H23N3O2/c1-13-5-6-15(11-14(13)2)21-18(22)17-8-7-16(12-20-17)19-9-4-10-23-3/h5-8,11-12,19H,4,9-10H2,1-3H3,(H,21,22). The van der Waals surface area contributed by atoms with Crippen LogP contribution < -0.4 is 10.6 Å². The van der Waals surface area contributed by atoms with Crippen molar-refractivity contribution in [1.82, 2.24) is 4.98 Å². The topological polar surface area (TPSA) is 63.2 Å². The zero-order valence-electron chi connectivity index (χ0n) is 13.8. The molecule has 23 heavy (non-hydrogen) atoms. The van der Waals surface area contributed by atoms with Crippen LogP contribution in [0, 0.1) is 13.8 Å². The lowest BCUT2D eigenvalue weighted by Crippen LogP contribution is -2.14. The molecule has 2 rings (SSSR count). The summed E-state index contributed by atoms with van der Waals surface area (Å²) in [7, 11) is 1.69. The van der Waals surface area contributed by atoms with Crippen LogP contribution in [0.1, 0.15) is 28.0 Å². The summed E-state index contributed by atoms with van der Waals surface area (Å²) in [4.78, 5) is 16.4. The minimum absolute atomic E-state index is 0.209. The Kier molecular flexibility index (Phi) is 6.11. The number of carbonyl (C=O) groups is 1. The van der Waals surface area contributed by atoms with E-state index in [1.165, 1.54) is 5.56 Å². The Morgan fingerprint density at radius 3 is 2.57 bits per heavy atom. The van der Waals surface area contributed by atoms with Crippen LogP contribution in [0.3, 0.4) is 0 Å². The van der Waals surface area contributed by atoms with E-state index in [-0.39, 0.29) is 5.91 Å². The largest absolute Gasteiger partial charge is 0.385 e. The summed E-state index contributed by atoms with van der Waals surface area (Å²) in [5.74, 6) is -0.209. The highest BCUT2D eigenvalue weighted by atomic mass is 16.5. The van der Waals surface area contributed by atoms with Crippen LogP contribution in [0.15, 0.2) is 36.5 Å². The van der Waals surface area contributed by atoms with Gasteiger partial charge in [0, 0.05) is 25.9 Å². The molecule has 0 radical (unpaired) electrons. The van der Waals surface area contributed by atoms with E-state index >= 15 is 0 Å². The summed E-state index contributed by atoms with van der Waals surface area (Å²) in [6, 6.07) is 9.42. The maximum absolute atomic E-state index is 12.2. The van der Waals surface area contributed by atoms with Crippen LogP contribution in [-0.4, -0.2) is 31.2 Å². The third-order valence-electron chi connectivity index (χ3n) is 3.62. The molecule has 0 saturated heterocycles. The first kappa shape index (κ1) is 17.0. The lowest BCUT2D eigenvalue weighted by atomic mass is 10.1. The van der Waals surface area contributed by atoms with Crippen LogP contribution in [0.5, 0.6) is 0 Å². The first-order chi connectivity index (χ1) is 11.1. The van der Waals surface area contributed by atoms with Gasteiger partial charge < -0.3 is 15.4 Å². The molecule has 5 nitrogen and oxygen atoms in total. The van der Waals surface area contributed by atoms with E-state index in [1.54, 1.807) is 19.4 Å². The van der Waals surface area contributed by atoms with Crippen molar-refractivity contribution in [3.05, 3.63) is 53.3 Å². The summed E-state index contributed by atoms with van der Waals surface area (Å²) >= 11 is 0.